The Hall–Kier alpha value is -9.69. The number of aliphatic carboxylic acids is 4. The number of rotatable bonds is 30. The third-order valence-electron chi connectivity index (χ3n) is 22.2. The Balaban J connectivity index is -0.00000141. The van der Waals surface area contributed by atoms with Gasteiger partial charge in [0, 0.05) is 42.0 Å². The van der Waals surface area contributed by atoms with E-state index in [9.17, 15) is 33.6 Å². The summed E-state index contributed by atoms with van der Waals surface area (Å²) >= 11 is 0. The van der Waals surface area contributed by atoms with Crippen molar-refractivity contribution in [1.29, 1.82) is 0 Å². The first-order valence-corrected chi connectivity index (χ1v) is 44.1. The second kappa shape index (κ2) is 62.4. The Morgan fingerprint density at radius 1 is 0.374 bits per heavy atom. The van der Waals surface area contributed by atoms with Gasteiger partial charge in [-0.1, -0.05) is 271 Å². The van der Waals surface area contributed by atoms with Gasteiger partial charge in [0.25, 0.3) is 0 Å². The lowest BCUT2D eigenvalue weighted by Crippen LogP contribution is -2.19. The molecule has 0 amide bonds. The molecule has 684 valence electrons. The van der Waals surface area contributed by atoms with Crippen LogP contribution in [-0.2, 0) is 47.8 Å². The van der Waals surface area contributed by atoms with Crippen molar-refractivity contribution >= 4 is 41.8 Å². The first kappa shape index (κ1) is 117. The molecule has 0 aromatic carbocycles. The highest BCUT2D eigenvalue weighted by Crippen LogP contribution is 2.44. The van der Waals surface area contributed by atoms with Gasteiger partial charge in [0.15, 0.2) is 0 Å². The average Bonchev–Trinajstić information content (AvgIpc) is 0.836. The molecule has 0 fully saturated rings. The number of hydrogen-bond donors (Lipinski definition) is 4. The number of ether oxygens (including phenoxy) is 3. The maximum absolute atomic E-state index is 10.7. The Kier molecular flexibility index (Phi) is 59.6. The summed E-state index contributed by atoms with van der Waals surface area (Å²) in [5.74, 6) is -3.57. The van der Waals surface area contributed by atoms with Gasteiger partial charge in [-0.25, -0.2) is 33.6 Å². The summed E-state index contributed by atoms with van der Waals surface area (Å²) in [6, 6.07) is 0. The molecule has 4 N–H and O–H groups in total. The van der Waals surface area contributed by atoms with E-state index in [-0.39, 0.29) is 39.6 Å². The molecule has 0 aromatic heterocycles. The van der Waals surface area contributed by atoms with Gasteiger partial charge in [0.2, 0.25) is 0 Å². The van der Waals surface area contributed by atoms with Gasteiger partial charge >= 0.3 is 41.8 Å². The minimum absolute atomic E-state index is 0.241. The molecule has 4 aliphatic carbocycles. The molecule has 0 unspecified atom stereocenters. The number of carbonyl (C=O) groups is 7. The first-order chi connectivity index (χ1) is 57.1. The average molecular weight is 1700 g/mol. The summed E-state index contributed by atoms with van der Waals surface area (Å²) in [5.41, 5.74) is 25.8. The zero-order valence-corrected chi connectivity index (χ0v) is 82.5. The highest BCUT2D eigenvalue weighted by molar-refractivity contribution is 5.88. The van der Waals surface area contributed by atoms with Crippen LogP contribution in [0.2, 0.25) is 0 Å². The number of carbonyl (C=O) groups excluding carboxylic acids is 3. The molecule has 14 heteroatoms. The molecule has 0 saturated carbocycles. The Morgan fingerprint density at radius 3 is 0.992 bits per heavy atom. The van der Waals surface area contributed by atoms with Gasteiger partial charge in [-0.2, -0.15) is 0 Å². The number of hydrogen-bond acceptors (Lipinski definition) is 10. The van der Waals surface area contributed by atoms with Crippen molar-refractivity contribution in [2.24, 2.45) is 33.5 Å². The number of methoxy groups -OCH3 is 3. The summed E-state index contributed by atoms with van der Waals surface area (Å²) in [4.78, 5) is 74.4. The molecule has 123 heavy (non-hydrogen) atoms. The highest BCUT2D eigenvalue weighted by atomic mass is 16.5. The number of esters is 3. The van der Waals surface area contributed by atoms with E-state index in [1.54, 1.807) is 34.6 Å². The van der Waals surface area contributed by atoms with E-state index in [4.69, 9.17) is 20.4 Å². The third kappa shape index (κ3) is 53.8. The molecule has 0 aromatic rings. The van der Waals surface area contributed by atoms with Crippen molar-refractivity contribution in [2.75, 3.05) is 21.3 Å². The van der Waals surface area contributed by atoms with E-state index in [2.05, 4.69) is 213 Å². The fraction of sp³-hybridized carbons (Fsp3) is 0.514. The number of carboxylic acids is 4. The normalized spacial score (nSPS) is 17.7. The SMILES string of the molecule is CC1=C(/C=C/C(=C\C=C\C(C)=C\C(=O)O)C(C)C)C(C)(C)CCC1.CC1=C(/C=C/C(C)=C(C)\C=C\C(C)=C\C(=O)O)C(C)(C)CCC1.CCC(=C/C=C/C(C)=C/C(=O)O)/C=C/C1=C(C)CCCC1(C)C.CCC/C(C)=C/C(=O)OC.CCCC(=C/C=C/C(C)=C/C(=O)O)/C=C/C1=C(C)CCCC1(C)C.COC(=O)/C=C(\C)C(C)C.COC(=O)C(C)=C(C)C. The molecule has 4 rings (SSSR count). The minimum Gasteiger partial charge on any atom is -0.478 e. The predicted molar refractivity (Wildman–Crippen MR) is 520 cm³/mol. The van der Waals surface area contributed by atoms with Crippen molar-refractivity contribution in [3.63, 3.8) is 0 Å². The molecule has 4 aliphatic rings. The van der Waals surface area contributed by atoms with Gasteiger partial charge in [-0.05, 0) is 306 Å². The van der Waals surface area contributed by atoms with Crippen LogP contribution in [0.4, 0.5) is 0 Å². The van der Waals surface area contributed by atoms with Gasteiger partial charge in [0.1, 0.15) is 0 Å². The van der Waals surface area contributed by atoms with E-state index in [0.29, 0.717) is 17.4 Å². The van der Waals surface area contributed by atoms with Gasteiger partial charge in [-0.15, -0.1) is 0 Å². The molecule has 0 radical (unpaired) electrons. The Bertz CT molecular complexity index is 4240. The molecule has 0 heterocycles. The van der Waals surface area contributed by atoms with Gasteiger partial charge < -0.3 is 34.6 Å². The fourth-order valence-corrected chi connectivity index (χ4v) is 14.0. The number of carboxylic acid groups (broad SMARTS) is 4. The fourth-order valence-electron chi connectivity index (χ4n) is 14.0. The van der Waals surface area contributed by atoms with Crippen molar-refractivity contribution in [1.82, 2.24) is 0 Å². The van der Waals surface area contributed by atoms with Crippen molar-refractivity contribution in [2.45, 2.75) is 317 Å². The van der Waals surface area contributed by atoms with Crippen molar-refractivity contribution in [3.05, 3.63) is 269 Å². The molecular weight excluding hydrogens is 1530 g/mol. The van der Waals surface area contributed by atoms with Crippen molar-refractivity contribution < 1.29 is 68.2 Å². The largest absolute Gasteiger partial charge is 0.478 e. The zero-order chi connectivity index (χ0) is 95.1. The molecule has 0 saturated heterocycles. The third-order valence-corrected chi connectivity index (χ3v) is 22.2. The molecule has 0 atom stereocenters. The van der Waals surface area contributed by atoms with E-state index in [0.717, 1.165) is 76.7 Å². The van der Waals surface area contributed by atoms with Crippen LogP contribution in [0.5, 0.6) is 0 Å². The predicted octanol–water partition coefficient (Wildman–Crippen LogP) is 29.8. The van der Waals surface area contributed by atoms with E-state index in [1.807, 2.05) is 90.2 Å². The van der Waals surface area contributed by atoms with Crippen LogP contribution in [0.3, 0.4) is 0 Å². The van der Waals surface area contributed by atoms with Crippen molar-refractivity contribution in [3.8, 4) is 0 Å². The molecule has 14 nitrogen and oxygen atoms in total. The quantitative estimate of drug-likeness (QED) is 0.0227. The summed E-state index contributed by atoms with van der Waals surface area (Å²) in [5, 5.41) is 34.9. The van der Waals surface area contributed by atoms with Crippen LogP contribution in [0.15, 0.2) is 269 Å². The maximum Gasteiger partial charge on any atom is 0.333 e. The minimum atomic E-state index is -0.910. The highest BCUT2D eigenvalue weighted by Gasteiger charge is 2.30. The summed E-state index contributed by atoms with van der Waals surface area (Å²) in [6.07, 6.45) is 67.2. The van der Waals surface area contributed by atoms with E-state index >= 15 is 0 Å². The standard InChI is InChI=1S/2C22H32O2.2C21H30O2.2C8H14O2.C7H12O2/c1-16(2)19(11-7-9-17(3)15-21(23)24)12-13-20-18(4)10-8-14-22(20,5)6;1-6-9-19(12-7-10-17(2)16-21(23)24)13-14-20-18(3)11-8-15-22(20,4)5;1-15(14-20(22)23)9-10-16(2)17(3)11-12-19-18(4)8-7-13-21(19,5)6;1-6-18(11-7-9-16(2)15-20(22)23)12-13-19-17(3)10-8-14-21(19,4)5;1-6(2)7(3)5-8(9)10-4;1-4-5-7(2)6-8(9)10-3;1-5(2)6(3)7(8)9-4/h7,9,11-13,15-16H,8,10,14H2,1-6H3,(H,23,24);7,10,12-14,16H,6,8-9,11,15H2,1-5H3,(H,23,24);9-12,14H,7-8,13H2,1-6H3,(H,22,23);7,9,11-13,15H,6,8,10,14H2,1-5H3,(H,22,23);5-6H,1-4H3;6H,4-5H2,1-3H3;1-4H3/b9-7+,13-12+,17-15+,19-11+;10-7+,14-13+,17-16+,19-12-;10-9+,12-11+,15-14+,17-16-;9-7+,13-12+,16-15+,18-11-;7-5+;7-6+;. The summed E-state index contributed by atoms with van der Waals surface area (Å²) < 4.78 is 13.4. The zero-order valence-electron chi connectivity index (χ0n) is 82.5. The second-order valence-corrected chi connectivity index (χ2v) is 36.1. The Labute approximate surface area is 746 Å². The maximum atomic E-state index is 10.7. The van der Waals surface area contributed by atoms with Crippen LogP contribution >= 0.6 is 0 Å². The van der Waals surface area contributed by atoms with Crippen LogP contribution in [0.25, 0.3) is 0 Å². The topological polar surface area (TPSA) is 228 Å². The Morgan fingerprint density at radius 2 is 0.691 bits per heavy atom. The van der Waals surface area contributed by atoms with Crippen LogP contribution < -0.4 is 0 Å². The van der Waals surface area contributed by atoms with Crippen LogP contribution in [0, 0.1) is 33.5 Å². The van der Waals surface area contributed by atoms with Crippen LogP contribution in [-0.4, -0.2) is 83.5 Å². The van der Waals surface area contributed by atoms with E-state index < -0.39 is 23.9 Å². The smallest absolute Gasteiger partial charge is 0.333 e. The van der Waals surface area contributed by atoms with Crippen LogP contribution in [0.1, 0.15) is 317 Å². The summed E-state index contributed by atoms with van der Waals surface area (Å²) in [6.45, 7) is 63.1. The number of allylic oxidation sites excluding steroid dienone is 39. The molecule has 0 aliphatic heterocycles. The van der Waals surface area contributed by atoms with E-state index in [1.165, 1.54) is 202 Å². The lowest BCUT2D eigenvalue weighted by molar-refractivity contribution is -0.136. The lowest BCUT2D eigenvalue weighted by Gasteiger charge is -2.33. The van der Waals surface area contributed by atoms with Gasteiger partial charge in [0.05, 0.1) is 21.3 Å². The summed E-state index contributed by atoms with van der Waals surface area (Å²) in [7, 11) is 4.15. The lowest BCUT2D eigenvalue weighted by atomic mass is 9.72. The van der Waals surface area contributed by atoms with Gasteiger partial charge in [-0.3, -0.25) is 0 Å². The second-order valence-electron chi connectivity index (χ2n) is 36.1. The molecule has 0 spiro atoms. The molecular formula is C109H164O14. The monoisotopic (exact) mass is 1700 g/mol. The first-order valence-electron chi connectivity index (χ1n) is 44.1. The molecule has 0 bridgehead atoms.